The largest absolute Gasteiger partial charge is 0.390 e. The van der Waals surface area contributed by atoms with Crippen LogP contribution in [0.4, 0.5) is 5.82 Å². The van der Waals surface area contributed by atoms with Crippen LogP contribution in [0, 0.1) is 10.1 Å². The van der Waals surface area contributed by atoms with E-state index in [-0.39, 0.29) is 5.82 Å². The Kier molecular flexibility index (Phi) is 6.46. The van der Waals surface area contributed by atoms with E-state index >= 15 is 0 Å². The minimum atomic E-state index is -0.500. The molecule has 1 saturated heterocycles. The molecule has 0 aliphatic carbocycles. The lowest BCUT2D eigenvalue weighted by molar-refractivity contribution is -0.389. The average molecular weight is 326 g/mol. The molecule has 0 bridgehead atoms. The van der Waals surface area contributed by atoms with Crippen molar-refractivity contribution < 1.29 is 10.0 Å². The second kappa shape index (κ2) is 8.34. The number of nitrogens with zero attached hydrogens (tertiary/aromatic N) is 6. The SMILES string of the molecule is CN1CCN(CC(O)CN(C)CCn2ccc([N+](=O)[O-])n2)CC1. The van der Waals surface area contributed by atoms with Crippen molar-refractivity contribution in [2.45, 2.75) is 12.6 Å². The van der Waals surface area contributed by atoms with E-state index in [1.807, 2.05) is 11.9 Å². The van der Waals surface area contributed by atoms with E-state index in [2.05, 4.69) is 21.9 Å². The second-order valence-corrected chi connectivity index (χ2v) is 6.21. The maximum Gasteiger partial charge on any atom is 0.389 e. The van der Waals surface area contributed by atoms with Gasteiger partial charge in [-0.05, 0) is 19.0 Å². The van der Waals surface area contributed by atoms with Gasteiger partial charge in [-0.3, -0.25) is 4.90 Å². The van der Waals surface area contributed by atoms with Crippen LogP contribution in [-0.4, -0.2) is 101 Å². The van der Waals surface area contributed by atoms with Crippen molar-refractivity contribution >= 4 is 5.82 Å². The number of β-amino-alcohol motifs (C(OH)–C–C–N with tert-alkyl or cyclic N) is 1. The number of nitro groups is 1. The van der Waals surface area contributed by atoms with E-state index in [4.69, 9.17) is 0 Å². The molecule has 1 aromatic rings. The molecule has 0 aromatic carbocycles. The molecule has 2 rings (SSSR count). The summed E-state index contributed by atoms with van der Waals surface area (Å²) < 4.78 is 1.56. The molecule has 2 heterocycles. The number of aliphatic hydroxyl groups excluding tert-OH is 1. The Bertz CT molecular complexity index is 500. The highest BCUT2D eigenvalue weighted by Gasteiger charge is 2.18. The molecular weight excluding hydrogens is 300 g/mol. The maximum atomic E-state index is 10.6. The summed E-state index contributed by atoms with van der Waals surface area (Å²) in [6.07, 6.45) is 1.21. The number of piperazine rings is 1. The molecule has 1 aromatic heterocycles. The first-order chi connectivity index (χ1) is 10.9. The van der Waals surface area contributed by atoms with Crippen molar-refractivity contribution in [3.05, 3.63) is 22.4 Å². The first kappa shape index (κ1) is 17.8. The highest BCUT2D eigenvalue weighted by atomic mass is 16.6. The molecule has 1 aliphatic rings. The van der Waals surface area contributed by atoms with Gasteiger partial charge in [0.1, 0.15) is 0 Å². The van der Waals surface area contributed by atoms with Crippen molar-refractivity contribution in [2.75, 3.05) is 59.9 Å². The third-order valence-corrected chi connectivity index (χ3v) is 4.11. The van der Waals surface area contributed by atoms with Crippen LogP contribution in [-0.2, 0) is 6.54 Å². The second-order valence-electron chi connectivity index (χ2n) is 6.21. The normalized spacial score (nSPS) is 18.4. The van der Waals surface area contributed by atoms with Crippen LogP contribution < -0.4 is 0 Å². The predicted molar refractivity (Wildman–Crippen MR) is 86.3 cm³/mol. The van der Waals surface area contributed by atoms with Crippen LogP contribution in [0.3, 0.4) is 0 Å². The molecule has 1 N–H and O–H groups in total. The summed E-state index contributed by atoms with van der Waals surface area (Å²) in [6.45, 7) is 6.58. The first-order valence-corrected chi connectivity index (χ1v) is 7.89. The summed E-state index contributed by atoms with van der Waals surface area (Å²) in [5.41, 5.74) is 0. The summed E-state index contributed by atoms with van der Waals surface area (Å²) >= 11 is 0. The van der Waals surface area contributed by atoms with Gasteiger partial charge in [0.2, 0.25) is 0 Å². The van der Waals surface area contributed by atoms with Crippen LogP contribution in [0.25, 0.3) is 0 Å². The third-order valence-electron chi connectivity index (χ3n) is 4.11. The molecule has 1 fully saturated rings. The fraction of sp³-hybridized carbons (Fsp3) is 0.786. The van der Waals surface area contributed by atoms with Crippen molar-refractivity contribution in [2.24, 2.45) is 0 Å². The summed E-state index contributed by atoms with van der Waals surface area (Å²) in [6, 6.07) is 1.39. The molecule has 0 spiro atoms. The van der Waals surface area contributed by atoms with Crippen molar-refractivity contribution in [1.29, 1.82) is 0 Å². The van der Waals surface area contributed by atoms with Gasteiger partial charge in [0.05, 0.1) is 30.0 Å². The fourth-order valence-electron chi connectivity index (χ4n) is 2.68. The van der Waals surface area contributed by atoms with Gasteiger partial charge in [0.25, 0.3) is 0 Å². The van der Waals surface area contributed by atoms with Crippen LogP contribution >= 0.6 is 0 Å². The Morgan fingerprint density at radius 2 is 2.13 bits per heavy atom. The topological polar surface area (TPSA) is 90.9 Å². The zero-order valence-corrected chi connectivity index (χ0v) is 13.8. The molecule has 0 amide bonds. The maximum absolute atomic E-state index is 10.6. The summed E-state index contributed by atoms with van der Waals surface area (Å²) in [7, 11) is 4.05. The standard InChI is InChI=1S/C14H26N6O3/c1-16-5-8-18(9-6-16)12-13(21)11-17(2)7-10-19-4-3-14(15-19)20(22)23/h3-4,13,21H,5-12H2,1-2H3. The Morgan fingerprint density at radius 3 is 2.74 bits per heavy atom. The van der Waals surface area contributed by atoms with Gasteiger partial charge in [-0.15, -0.1) is 0 Å². The van der Waals surface area contributed by atoms with Crippen LogP contribution in [0.15, 0.2) is 12.3 Å². The van der Waals surface area contributed by atoms with Crippen LogP contribution in [0.5, 0.6) is 0 Å². The Morgan fingerprint density at radius 1 is 1.43 bits per heavy atom. The van der Waals surface area contributed by atoms with E-state index in [1.165, 1.54) is 6.07 Å². The van der Waals surface area contributed by atoms with Gasteiger partial charge < -0.3 is 25.0 Å². The van der Waals surface area contributed by atoms with Crippen molar-refractivity contribution in [3.8, 4) is 0 Å². The van der Waals surface area contributed by atoms with Gasteiger partial charge in [-0.1, -0.05) is 0 Å². The van der Waals surface area contributed by atoms with E-state index in [0.29, 0.717) is 26.2 Å². The number of rotatable bonds is 8. The predicted octanol–water partition coefficient (Wildman–Crippen LogP) is -0.669. The number of hydrogen-bond donors (Lipinski definition) is 1. The number of aromatic nitrogens is 2. The lowest BCUT2D eigenvalue weighted by Crippen LogP contribution is -2.48. The fourth-order valence-corrected chi connectivity index (χ4v) is 2.68. The highest BCUT2D eigenvalue weighted by Crippen LogP contribution is 2.05. The Balaban J connectivity index is 1.67. The summed E-state index contributed by atoms with van der Waals surface area (Å²) in [5, 5.41) is 24.7. The zero-order chi connectivity index (χ0) is 16.8. The Labute approximate surface area is 136 Å². The molecular formula is C14H26N6O3. The lowest BCUT2D eigenvalue weighted by Gasteiger charge is -2.34. The molecule has 1 unspecified atom stereocenters. The average Bonchev–Trinajstić information content (AvgIpc) is 2.97. The number of hydrogen-bond acceptors (Lipinski definition) is 7. The van der Waals surface area contributed by atoms with E-state index < -0.39 is 11.0 Å². The molecule has 1 atom stereocenters. The number of aliphatic hydroxyl groups is 1. The summed E-state index contributed by atoms with van der Waals surface area (Å²) in [5.74, 6) is -0.136. The molecule has 23 heavy (non-hydrogen) atoms. The van der Waals surface area contributed by atoms with Gasteiger partial charge in [0.15, 0.2) is 0 Å². The molecule has 9 heteroatoms. The quantitative estimate of drug-likeness (QED) is 0.500. The minimum Gasteiger partial charge on any atom is -0.390 e. The van der Waals surface area contributed by atoms with Gasteiger partial charge in [0, 0.05) is 45.8 Å². The summed E-state index contributed by atoms with van der Waals surface area (Å²) in [4.78, 5) is 16.7. The van der Waals surface area contributed by atoms with E-state index in [0.717, 1.165) is 26.2 Å². The molecule has 0 saturated carbocycles. The molecule has 130 valence electrons. The van der Waals surface area contributed by atoms with Gasteiger partial charge >= 0.3 is 5.82 Å². The molecule has 9 nitrogen and oxygen atoms in total. The van der Waals surface area contributed by atoms with Gasteiger partial charge in [-0.25, -0.2) is 0 Å². The lowest BCUT2D eigenvalue weighted by atomic mass is 10.2. The smallest absolute Gasteiger partial charge is 0.389 e. The third kappa shape index (κ3) is 5.87. The van der Waals surface area contributed by atoms with Crippen LogP contribution in [0.1, 0.15) is 0 Å². The zero-order valence-electron chi connectivity index (χ0n) is 13.8. The van der Waals surface area contributed by atoms with Crippen LogP contribution in [0.2, 0.25) is 0 Å². The monoisotopic (exact) mass is 326 g/mol. The van der Waals surface area contributed by atoms with E-state index in [9.17, 15) is 15.2 Å². The van der Waals surface area contributed by atoms with Crippen molar-refractivity contribution in [1.82, 2.24) is 24.5 Å². The minimum absolute atomic E-state index is 0.136. The van der Waals surface area contributed by atoms with Crippen molar-refractivity contribution in [3.63, 3.8) is 0 Å². The highest BCUT2D eigenvalue weighted by molar-refractivity contribution is 5.13. The van der Waals surface area contributed by atoms with E-state index in [1.54, 1.807) is 10.9 Å². The number of likely N-dealkylation sites (N-methyl/N-ethyl adjacent to an activating group) is 2. The Hall–Kier alpha value is -1.55. The van der Waals surface area contributed by atoms with Gasteiger partial charge in [-0.2, -0.15) is 4.68 Å². The molecule has 1 aliphatic heterocycles. The first-order valence-electron chi connectivity index (χ1n) is 7.89. The molecule has 0 radical (unpaired) electrons.